The number of aromatic nitrogens is 2. The number of allylic oxidation sites excluding steroid dienone is 1. The van der Waals surface area contributed by atoms with E-state index in [2.05, 4.69) is 10.6 Å². The van der Waals surface area contributed by atoms with E-state index in [4.69, 9.17) is 19.2 Å². The molecule has 42 heavy (non-hydrogen) atoms. The first-order valence-electron chi connectivity index (χ1n) is 13.9. The van der Waals surface area contributed by atoms with Gasteiger partial charge in [0.05, 0.1) is 35.6 Å². The summed E-state index contributed by atoms with van der Waals surface area (Å²) in [5.41, 5.74) is 5.28. The van der Waals surface area contributed by atoms with E-state index in [1.807, 2.05) is 82.3 Å². The van der Waals surface area contributed by atoms with Crippen molar-refractivity contribution in [2.45, 2.75) is 53.7 Å². The van der Waals surface area contributed by atoms with Crippen molar-refractivity contribution in [3.8, 4) is 17.2 Å². The van der Waals surface area contributed by atoms with Gasteiger partial charge >= 0.3 is 5.97 Å². The summed E-state index contributed by atoms with van der Waals surface area (Å²) < 4.78 is 21.2. The third-order valence-electron chi connectivity index (χ3n) is 7.18. The molecule has 0 amide bonds. The number of hydrogen-bond acceptors (Lipinski definition) is 7. The van der Waals surface area contributed by atoms with Crippen LogP contribution in [0, 0.1) is 13.8 Å². The van der Waals surface area contributed by atoms with Gasteiger partial charge in [0.2, 0.25) is 0 Å². The second-order valence-electron chi connectivity index (χ2n) is 10.4. The van der Waals surface area contributed by atoms with Gasteiger partial charge in [-0.25, -0.2) is 9.79 Å². The fourth-order valence-corrected chi connectivity index (χ4v) is 6.39. The molecule has 8 nitrogen and oxygen atoms in total. The minimum absolute atomic E-state index is 0.0981. The maximum Gasteiger partial charge on any atom is 0.338 e. The van der Waals surface area contributed by atoms with E-state index in [1.165, 1.54) is 11.3 Å². The van der Waals surface area contributed by atoms with Crippen LogP contribution in [0.1, 0.15) is 56.3 Å². The fraction of sp³-hybridized carbons (Fsp3) is 0.303. The maximum absolute atomic E-state index is 14.2. The molecule has 0 unspecified atom stereocenters. The third-order valence-corrected chi connectivity index (χ3v) is 8.16. The van der Waals surface area contributed by atoms with Crippen molar-refractivity contribution in [1.82, 2.24) is 9.13 Å². The number of benzene rings is 2. The molecule has 218 valence electrons. The van der Waals surface area contributed by atoms with Crippen LogP contribution in [0.25, 0.3) is 11.8 Å². The van der Waals surface area contributed by atoms with Crippen LogP contribution in [-0.4, -0.2) is 34.9 Å². The number of carbonyl (C=O) groups excluding carboxylic acids is 1. The topological polar surface area (TPSA) is 84.0 Å². The van der Waals surface area contributed by atoms with Crippen molar-refractivity contribution in [3.05, 3.63) is 108 Å². The number of ether oxygens (including phenoxy) is 3. The monoisotopic (exact) mass is 585 g/mol. The zero-order valence-corrected chi connectivity index (χ0v) is 25.7. The number of methoxy groups -OCH3 is 1. The number of hydrogen-bond donors (Lipinski definition) is 0. The van der Waals surface area contributed by atoms with Gasteiger partial charge in [-0.15, -0.1) is 0 Å². The highest BCUT2D eigenvalue weighted by molar-refractivity contribution is 7.07. The van der Waals surface area contributed by atoms with Gasteiger partial charge in [0.25, 0.3) is 5.56 Å². The van der Waals surface area contributed by atoms with Crippen molar-refractivity contribution in [1.29, 1.82) is 0 Å². The summed E-state index contributed by atoms with van der Waals surface area (Å²) in [4.78, 5) is 32.7. The molecule has 2 aromatic heterocycles. The Morgan fingerprint density at radius 1 is 1.10 bits per heavy atom. The normalized spacial score (nSPS) is 15.0. The first-order valence-corrected chi connectivity index (χ1v) is 14.7. The summed E-state index contributed by atoms with van der Waals surface area (Å²) >= 11 is 1.31. The second kappa shape index (κ2) is 11.9. The molecule has 0 bridgehead atoms. The molecular formula is C33H35N3O5S. The molecule has 9 heteroatoms. The van der Waals surface area contributed by atoms with Crippen molar-refractivity contribution in [2.24, 2.45) is 4.99 Å². The number of para-hydroxylation sites is 1. The number of fused-ring (bicyclic) bond motifs is 1. The van der Waals surface area contributed by atoms with Gasteiger partial charge in [-0.1, -0.05) is 29.5 Å². The predicted octanol–water partition coefficient (Wildman–Crippen LogP) is 5.00. The van der Waals surface area contributed by atoms with Gasteiger partial charge in [0.1, 0.15) is 17.5 Å². The zero-order valence-electron chi connectivity index (χ0n) is 24.9. The molecule has 0 saturated heterocycles. The lowest BCUT2D eigenvalue weighted by Crippen LogP contribution is -2.40. The van der Waals surface area contributed by atoms with Gasteiger partial charge in [-0.2, -0.15) is 0 Å². The third kappa shape index (κ3) is 5.32. The summed E-state index contributed by atoms with van der Waals surface area (Å²) in [6, 6.07) is 16.7. The molecule has 5 rings (SSSR count). The van der Waals surface area contributed by atoms with E-state index >= 15 is 0 Å². The first kappa shape index (κ1) is 29.1. The van der Waals surface area contributed by atoms with Gasteiger partial charge < -0.3 is 18.8 Å². The number of aryl methyl sites for hydroxylation is 1. The van der Waals surface area contributed by atoms with E-state index < -0.39 is 12.0 Å². The quantitative estimate of drug-likeness (QED) is 0.272. The fourth-order valence-electron chi connectivity index (χ4n) is 5.36. The summed E-state index contributed by atoms with van der Waals surface area (Å²) in [5.74, 6) is 0.891. The molecule has 0 N–H and O–H groups in total. The van der Waals surface area contributed by atoms with Gasteiger partial charge in [0.15, 0.2) is 4.80 Å². The Bertz CT molecular complexity index is 1860. The van der Waals surface area contributed by atoms with Crippen molar-refractivity contribution in [3.63, 3.8) is 0 Å². The summed E-state index contributed by atoms with van der Waals surface area (Å²) in [5, 5.41) is 0. The lowest BCUT2D eigenvalue weighted by Gasteiger charge is -2.26. The van der Waals surface area contributed by atoms with Crippen LogP contribution in [0.5, 0.6) is 11.5 Å². The Morgan fingerprint density at radius 2 is 1.81 bits per heavy atom. The predicted molar refractivity (Wildman–Crippen MR) is 164 cm³/mol. The summed E-state index contributed by atoms with van der Waals surface area (Å²) in [6.07, 6.45) is 1.81. The van der Waals surface area contributed by atoms with E-state index in [1.54, 1.807) is 25.5 Å². The number of esters is 1. The number of thiazole rings is 1. The average Bonchev–Trinajstić information content (AvgIpc) is 3.41. The van der Waals surface area contributed by atoms with E-state index in [9.17, 15) is 9.59 Å². The van der Waals surface area contributed by atoms with Crippen LogP contribution >= 0.6 is 11.3 Å². The molecular weight excluding hydrogens is 550 g/mol. The number of rotatable bonds is 8. The van der Waals surface area contributed by atoms with Crippen LogP contribution in [0.3, 0.4) is 0 Å². The SMILES string of the molecule is CCOC(=O)C1=C(C)N=c2s/c(=C/c3cc(C)n(-c4ccc(OC)cc4)c3C)c(=O)n2[C@@H]1c1ccccc1OC(C)C. The molecule has 3 heterocycles. The molecule has 0 fully saturated rings. The van der Waals surface area contributed by atoms with Crippen LogP contribution in [0.2, 0.25) is 0 Å². The van der Waals surface area contributed by atoms with E-state index in [0.29, 0.717) is 31.9 Å². The summed E-state index contributed by atoms with van der Waals surface area (Å²) in [6.45, 7) is 11.7. The largest absolute Gasteiger partial charge is 0.497 e. The molecule has 2 aromatic carbocycles. The molecule has 1 aliphatic rings. The van der Waals surface area contributed by atoms with Crippen LogP contribution in [0.15, 0.2) is 75.7 Å². The number of carbonyl (C=O) groups is 1. The maximum atomic E-state index is 14.2. The Morgan fingerprint density at radius 3 is 2.48 bits per heavy atom. The number of nitrogens with zero attached hydrogens (tertiary/aromatic N) is 3. The standard InChI is InChI=1S/C33H35N3O5S/c1-8-40-32(38)29-21(5)34-33-36(30(29)26-11-9-10-12-27(26)41-19(2)3)31(37)28(42-33)18-23-17-20(4)35(22(23)6)24-13-15-25(39-7)16-14-24/h9-19,30H,8H2,1-7H3/b28-18+/t30-/m1/s1. The van der Waals surface area contributed by atoms with Gasteiger partial charge in [-0.3, -0.25) is 9.36 Å². The Balaban J connectivity index is 1.69. The van der Waals surface area contributed by atoms with Crippen molar-refractivity contribution >= 4 is 23.4 Å². The molecule has 0 aliphatic carbocycles. The summed E-state index contributed by atoms with van der Waals surface area (Å²) in [7, 11) is 1.65. The lowest BCUT2D eigenvalue weighted by atomic mass is 9.95. The van der Waals surface area contributed by atoms with E-state index in [-0.39, 0.29) is 18.3 Å². The lowest BCUT2D eigenvalue weighted by molar-refractivity contribution is -0.139. The molecule has 0 saturated carbocycles. The van der Waals surface area contributed by atoms with Crippen LogP contribution in [-0.2, 0) is 9.53 Å². The molecule has 0 spiro atoms. The van der Waals surface area contributed by atoms with Crippen molar-refractivity contribution < 1.29 is 19.0 Å². The average molecular weight is 586 g/mol. The van der Waals surface area contributed by atoms with Crippen LogP contribution < -0.4 is 24.4 Å². The minimum Gasteiger partial charge on any atom is -0.497 e. The second-order valence-corrected chi connectivity index (χ2v) is 11.4. The Labute approximate surface area is 248 Å². The molecule has 1 atom stereocenters. The highest BCUT2D eigenvalue weighted by Crippen LogP contribution is 2.36. The minimum atomic E-state index is -0.746. The van der Waals surface area contributed by atoms with Gasteiger partial charge in [0, 0.05) is 22.6 Å². The van der Waals surface area contributed by atoms with Gasteiger partial charge in [-0.05, 0) is 89.6 Å². The highest BCUT2D eigenvalue weighted by atomic mass is 32.1. The Hall–Kier alpha value is -4.37. The zero-order chi connectivity index (χ0) is 30.1. The van der Waals surface area contributed by atoms with Crippen LogP contribution in [0.4, 0.5) is 0 Å². The van der Waals surface area contributed by atoms with Crippen molar-refractivity contribution in [2.75, 3.05) is 13.7 Å². The Kier molecular flexibility index (Phi) is 8.22. The molecule has 1 aliphatic heterocycles. The molecule has 0 radical (unpaired) electrons. The smallest absolute Gasteiger partial charge is 0.338 e. The first-order chi connectivity index (χ1) is 20.1. The highest BCUT2D eigenvalue weighted by Gasteiger charge is 2.35. The molecule has 4 aromatic rings. The van der Waals surface area contributed by atoms with E-state index in [0.717, 1.165) is 28.4 Å².